The van der Waals surface area contributed by atoms with Crippen LogP contribution in [0.3, 0.4) is 0 Å². The molecular formula is C22H15BrF2N2O3. The minimum Gasteiger partial charge on any atom is -0.463 e. The third kappa shape index (κ3) is 3.91. The van der Waals surface area contributed by atoms with Crippen molar-refractivity contribution in [3.8, 4) is 22.5 Å². The highest BCUT2D eigenvalue weighted by atomic mass is 79.9. The first kappa shape index (κ1) is 20.0. The Morgan fingerprint density at radius 2 is 1.60 bits per heavy atom. The summed E-state index contributed by atoms with van der Waals surface area (Å²) in [6.45, 7) is 0.212. The highest BCUT2D eigenvalue weighted by Crippen LogP contribution is 2.37. The number of carbonyl (C=O) groups is 1. The highest BCUT2D eigenvalue weighted by molar-refractivity contribution is 9.10. The Hall–Kier alpha value is -3.26. The molecule has 4 aromatic rings. The van der Waals surface area contributed by atoms with Gasteiger partial charge in [-0.2, -0.15) is 5.10 Å². The van der Waals surface area contributed by atoms with Crippen LogP contribution in [0.5, 0.6) is 0 Å². The third-order valence-electron chi connectivity index (χ3n) is 4.48. The van der Waals surface area contributed by atoms with E-state index >= 15 is 0 Å². The maximum Gasteiger partial charge on any atom is 0.373 e. The molecule has 0 atom stereocenters. The maximum absolute atomic E-state index is 13.4. The lowest BCUT2D eigenvalue weighted by atomic mass is 10.1. The number of aromatic nitrogens is 2. The fourth-order valence-electron chi connectivity index (χ4n) is 3.05. The topological polar surface area (TPSA) is 57.3 Å². The van der Waals surface area contributed by atoms with Crippen molar-refractivity contribution in [3.05, 3.63) is 88.3 Å². The predicted molar refractivity (Wildman–Crippen MR) is 110 cm³/mol. The molecule has 8 heteroatoms. The average Bonchev–Trinajstić information content (AvgIpc) is 3.34. The number of ether oxygens (including phenoxy) is 1. The highest BCUT2D eigenvalue weighted by Gasteiger charge is 2.21. The van der Waals surface area contributed by atoms with Gasteiger partial charge in [0.15, 0.2) is 0 Å². The quantitative estimate of drug-likeness (QED) is 0.350. The number of carbonyl (C=O) groups excluding carboxylic acids is 1. The summed E-state index contributed by atoms with van der Waals surface area (Å²) in [4.78, 5) is 11.7. The number of hydrogen-bond acceptors (Lipinski definition) is 4. The van der Waals surface area contributed by atoms with E-state index in [2.05, 4.69) is 25.8 Å². The maximum atomic E-state index is 13.4. The van der Waals surface area contributed by atoms with E-state index in [1.54, 1.807) is 35.0 Å². The van der Waals surface area contributed by atoms with Crippen LogP contribution in [-0.4, -0.2) is 22.9 Å². The Morgan fingerprint density at radius 3 is 2.20 bits per heavy atom. The van der Waals surface area contributed by atoms with Gasteiger partial charge in [-0.1, -0.05) is 0 Å². The van der Waals surface area contributed by atoms with Crippen LogP contribution in [-0.2, 0) is 11.3 Å². The Kier molecular flexibility index (Phi) is 5.50. The lowest BCUT2D eigenvalue weighted by Gasteiger charge is -2.07. The van der Waals surface area contributed by atoms with Crippen molar-refractivity contribution in [2.45, 2.75) is 6.54 Å². The number of furan rings is 1. The number of nitrogens with zero attached hydrogens (tertiary/aromatic N) is 2. The number of halogens is 3. The molecule has 0 aliphatic heterocycles. The van der Waals surface area contributed by atoms with Crippen LogP contribution in [0.25, 0.3) is 22.5 Å². The molecule has 0 saturated heterocycles. The number of methoxy groups -OCH3 is 1. The number of rotatable bonds is 5. The van der Waals surface area contributed by atoms with E-state index in [1.165, 1.54) is 37.4 Å². The molecule has 2 heterocycles. The molecule has 0 amide bonds. The molecule has 30 heavy (non-hydrogen) atoms. The molecule has 0 saturated carbocycles. The van der Waals surface area contributed by atoms with E-state index in [0.717, 1.165) is 5.56 Å². The summed E-state index contributed by atoms with van der Waals surface area (Å²) < 4.78 is 39.4. The van der Waals surface area contributed by atoms with Crippen LogP contribution < -0.4 is 0 Å². The van der Waals surface area contributed by atoms with Crippen molar-refractivity contribution >= 4 is 21.9 Å². The van der Waals surface area contributed by atoms with Crippen molar-refractivity contribution in [1.82, 2.24) is 9.78 Å². The molecule has 0 spiro atoms. The van der Waals surface area contributed by atoms with Crippen LogP contribution >= 0.6 is 15.9 Å². The van der Waals surface area contributed by atoms with E-state index in [9.17, 15) is 13.6 Å². The molecule has 0 radical (unpaired) electrons. The van der Waals surface area contributed by atoms with Crippen LogP contribution in [0.4, 0.5) is 8.78 Å². The Labute approximate surface area is 179 Å². The van der Waals surface area contributed by atoms with Crippen molar-refractivity contribution in [2.75, 3.05) is 7.11 Å². The van der Waals surface area contributed by atoms with E-state index < -0.39 is 5.97 Å². The van der Waals surface area contributed by atoms with E-state index in [1.807, 2.05) is 0 Å². The molecule has 0 aliphatic carbocycles. The van der Waals surface area contributed by atoms with Crippen molar-refractivity contribution < 1.29 is 22.7 Å². The van der Waals surface area contributed by atoms with Gasteiger partial charge in [-0.05, 0) is 76.6 Å². The van der Waals surface area contributed by atoms with Crippen molar-refractivity contribution in [3.63, 3.8) is 0 Å². The molecule has 5 nitrogen and oxygen atoms in total. The van der Waals surface area contributed by atoms with E-state index in [4.69, 9.17) is 4.42 Å². The molecule has 152 valence electrons. The van der Waals surface area contributed by atoms with E-state index in [0.29, 0.717) is 27.2 Å². The van der Waals surface area contributed by atoms with Gasteiger partial charge in [-0.3, -0.25) is 4.68 Å². The fourth-order valence-corrected chi connectivity index (χ4v) is 3.79. The summed E-state index contributed by atoms with van der Waals surface area (Å²) in [6, 6.07) is 15.2. The van der Waals surface area contributed by atoms with Gasteiger partial charge in [0.05, 0.1) is 23.8 Å². The molecule has 2 aromatic carbocycles. The molecule has 0 aliphatic rings. The van der Waals surface area contributed by atoms with Crippen LogP contribution in [0.15, 0.2) is 69.6 Å². The number of benzene rings is 2. The van der Waals surface area contributed by atoms with Crippen LogP contribution in [0, 0.1) is 11.6 Å². The van der Waals surface area contributed by atoms with Crippen molar-refractivity contribution in [2.24, 2.45) is 0 Å². The van der Waals surface area contributed by atoms with Gasteiger partial charge >= 0.3 is 5.97 Å². The second kappa shape index (κ2) is 8.23. The van der Waals surface area contributed by atoms with Crippen LogP contribution in [0.1, 0.15) is 16.3 Å². The zero-order chi connectivity index (χ0) is 21.3. The lowest BCUT2D eigenvalue weighted by molar-refractivity contribution is 0.0563. The minimum absolute atomic E-state index is 0.0841. The molecule has 0 N–H and O–H groups in total. The van der Waals surface area contributed by atoms with Gasteiger partial charge in [0, 0.05) is 11.1 Å². The fraction of sp³-hybridized carbons (Fsp3) is 0.0909. The Balaban J connectivity index is 1.80. The van der Waals surface area contributed by atoms with Gasteiger partial charge in [0.2, 0.25) is 5.76 Å². The summed E-state index contributed by atoms with van der Waals surface area (Å²) in [5.41, 5.74) is 2.71. The molecule has 2 aromatic heterocycles. The molecule has 0 fully saturated rings. The van der Waals surface area contributed by atoms with Crippen LogP contribution in [0.2, 0.25) is 0 Å². The first-order valence-corrected chi connectivity index (χ1v) is 9.71. The van der Waals surface area contributed by atoms with Gasteiger partial charge in [-0.25, -0.2) is 13.6 Å². The first-order valence-electron chi connectivity index (χ1n) is 8.91. The summed E-state index contributed by atoms with van der Waals surface area (Å²) in [5.74, 6) is -0.707. The second-order valence-electron chi connectivity index (χ2n) is 6.44. The average molecular weight is 473 g/mol. The molecular weight excluding hydrogens is 458 g/mol. The van der Waals surface area contributed by atoms with Gasteiger partial charge in [0.1, 0.15) is 23.1 Å². The largest absolute Gasteiger partial charge is 0.463 e. The molecule has 4 rings (SSSR count). The normalized spacial score (nSPS) is 10.9. The summed E-state index contributed by atoms with van der Waals surface area (Å²) in [5, 5.41) is 4.66. The second-order valence-corrected chi connectivity index (χ2v) is 7.23. The smallest absolute Gasteiger partial charge is 0.373 e. The number of hydrogen-bond donors (Lipinski definition) is 0. The zero-order valence-electron chi connectivity index (χ0n) is 15.7. The lowest BCUT2D eigenvalue weighted by Crippen LogP contribution is -2.04. The molecule has 0 bridgehead atoms. The standard InChI is InChI=1S/C22H15BrF2N2O3/c1-29-22(28)18-11-10-17(30-18)12-27-21(14-4-8-16(25)9-5-14)19(23)20(26-27)13-2-6-15(24)7-3-13/h2-11H,12H2,1H3. The molecule has 0 unspecified atom stereocenters. The number of esters is 1. The first-order chi connectivity index (χ1) is 14.5. The van der Waals surface area contributed by atoms with Gasteiger partial charge < -0.3 is 9.15 Å². The monoisotopic (exact) mass is 472 g/mol. The predicted octanol–water partition coefficient (Wildman–Crippen LogP) is 5.69. The van der Waals surface area contributed by atoms with Crippen molar-refractivity contribution in [1.29, 1.82) is 0 Å². The SMILES string of the molecule is COC(=O)c1ccc(Cn2nc(-c3ccc(F)cc3)c(Br)c2-c2ccc(F)cc2)o1. The summed E-state index contributed by atoms with van der Waals surface area (Å²) in [7, 11) is 1.27. The summed E-state index contributed by atoms with van der Waals surface area (Å²) in [6.07, 6.45) is 0. The van der Waals surface area contributed by atoms with E-state index in [-0.39, 0.29) is 23.9 Å². The third-order valence-corrected chi connectivity index (χ3v) is 5.23. The summed E-state index contributed by atoms with van der Waals surface area (Å²) >= 11 is 3.59. The Morgan fingerprint density at radius 1 is 1.00 bits per heavy atom. The Bertz CT molecular complexity index is 1200. The van der Waals surface area contributed by atoms with Gasteiger partial charge in [-0.15, -0.1) is 0 Å². The minimum atomic E-state index is -0.575. The van der Waals surface area contributed by atoms with Gasteiger partial charge in [0.25, 0.3) is 0 Å². The zero-order valence-corrected chi connectivity index (χ0v) is 17.3.